The highest BCUT2D eigenvalue weighted by Gasteiger charge is 2.36. The normalized spacial score (nSPS) is 11.9. The van der Waals surface area contributed by atoms with Crippen LogP contribution in [0.5, 0.6) is 0 Å². The minimum absolute atomic E-state index is 0.0888. The Hall–Kier alpha value is -6.18. The van der Waals surface area contributed by atoms with Crippen molar-refractivity contribution in [1.82, 2.24) is 0 Å². The lowest BCUT2D eigenvalue weighted by Crippen LogP contribution is -2.15. The van der Waals surface area contributed by atoms with Gasteiger partial charge in [-0.3, -0.25) is 0 Å². The summed E-state index contributed by atoms with van der Waals surface area (Å²) in [6.07, 6.45) is 4.61. The highest BCUT2D eigenvalue weighted by molar-refractivity contribution is 6.03. The fourth-order valence-corrected chi connectivity index (χ4v) is 7.99. The van der Waals surface area contributed by atoms with E-state index >= 15 is 0 Å². The Balaban J connectivity index is 0.000000136. The summed E-state index contributed by atoms with van der Waals surface area (Å²) in [6.45, 7) is 25.1. The second-order valence-electron chi connectivity index (χ2n) is 15.6. The minimum Gasteiger partial charge on any atom is -0.456 e. The van der Waals surface area contributed by atoms with E-state index in [0.717, 1.165) is 28.7 Å². The topological polar surface area (TPSA) is 13.1 Å². The van der Waals surface area contributed by atoms with Crippen molar-refractivity contribution in [1.29, 1.82) is 0 Å². The van der Waals surface area contributed by atoms with Crippen LogP contribution in [0.4, 0.5) is 0 Å². The van der Waals surface area contributed by atoms with Gasteiger partial charge in [0.15, 0.2) is 0 Å². The predicted octanol–water partition coefficient (Wildman–Crippen LogP) is 16.0. The first-order valence-corrected chi connectivity index (χ1v) is 20.1. The molecule has 0 bridgehead atoms. The van der Waals surface area contributed by atoms with E-state index in [2.05, 4.69) is 184 Å². The van der Waals surface area contributed by atoms with Gasteiger partial charge in [-0.05, 0) is 120 Å². The molecule has 0 amide bonds. The monoisotopic (exact) mass is 744 g/mol. The van der Waals surface area contributed by atoms with E-state index < -0.39 is 0 Å². The molecular weight excluding hydrogens is 689 g/mol. The summed E-state index contributed by atoms with van der Waals surface area (Å²) in [6, 6.07) is 51.7. The highest BCUT2D eigenvalue weighted by atomic mass is 16.3. The van der Waals surface area contributed by atoms with Gasteiger partial charge in [-0.15, -0.1) is 0 Å². The molecule has 0 N–H and O–H groups in total. The summed E-state index contributed by atoms with van der Waals surface area (Å²) in [5.41, 5.74) is 18.6. The van der Waals surface area contributed by atoms with Gasteiger partial charge in [0.25, 0.3) is 0 Å². The van der Waals surface area contributed by atoms with Crippen LogP contribution in [0.3, 0.4) is 0 Å². The molecule has 1 heteroatoms. The third-order valence-electron chi connectivity index (χ3n) is 11.1. The number of rotatable bonds is 4. The third kappa shape index (κ3) is 8.64. The molecule has 0 aliphatic heterocycles. The van der Waals surface area contributed by atoms with Gasteiger partial charge in [-0.25, -0.2) is 0 Å². The lowest BCUT2D eigenvalue weighted by Gasteiger charge is -2.22. The number of hydrogen-bond donors (Lipinski definition) is 0. The van der Waals surface area contributed by atoms with Crippen LogP contribution in [-0.2, 0) is 11.8 Å². The largest absolute Gasteiger partial charge is 0.456 e. The Morgan fingerprint density at radius 1 is 0.509 bits per heavy atom. The smallest absolute Gasteiger partial charge is 0.135 e. The molecule has 9 rings (SSSR count). The fraction of sp³-hybridized carbons (Fsp3) is 0.179. The molecule has 1 aromatic heterocycles. The van der Waals surface area contributed by atoms with Gasteiger partial charge < -0.3 is 4.42 Å². The summed E-state index contributed by atoms with van der Waals surface area (Å²) in [5.74, 6) is 0.792. The molecule has 0 atom stereocenters. The third-order valence-corrected chi connectivity index (χ3v) is 11.1. The molecule has 0 radical (unpaired) electrons. The zero-order chi connectivity index (χ0) is 40.7. The number of furan rings is 1. The molecule has 0 unspecified atom stereocenters. The Kier molecular flexibility index (Phi) is 12.6. The van der Waals surface area contributed by atoms with Crippen LogP contribution in [-0.4, -0.2) is 0 Å². The van der Waals surface area contributed by atoms with E-state index in [1.807, 2.05) is 36.4 Å². The van der Waals surface area contributed by atoms with Crippen molar-refractivity contribution in [3.8, 4) is 22.3 Å². The number of hydrogen-bond acceptors (Lipinski definition) is 1. The van der Waals surface area contributed by atoms with Crippen molar-refractivity contribution in [2.75, 3.05) is 0 Å². The summed E-state index contributed by atoms with van der Waals surface area (Å²) in [5, 5.41) is 3.87. The van der Waals surface area contributed by atoms with E-state index in [1.54, 1.807) is 6.08 Å². The fourth-order valence-electron chi connectivity index (χ4n) is 7.99. The molecule has 1 aliphatic rings. The second kappa shape index (κ2) is 17.7. The Labute approximate surface area is 341 Å². The molecule has 0 saturated heterocycles. The molecule has 0 spiro atoms. The first-order chi connectivity index (χ1) is 27.5. The predicted molar refractivity (Wildman–Crippen MR) is 249 cm³/mol. The molecule has 0 fully saturated rings. The SMILES string of the molecule is C=Cc1oc2ccc(C)cc2c1C=C.CCc1ccccc1-c1ccccc1C.Cc1ccc2c(c1)C(C)(C)c1cc(C)c3ccccc3c1-2.Cc1ccccc1. The van der Waals surface area contributed by atoms with Crippen LogP contribution < -0.4 is 0 Å². The van der Waals surface area contributed by atoms with Crippen molar-refractivity contribution in [3.63, 3.8) is 0 Å². The molecule has 7 aromatic carbocycles. The average molecular weight is 745 g/mol. The number of benzene rings is 7. The highest BCUT2D eigenvalue weighted by Crippen LogP contribution is 2.52. The molecule has 1 heterocycles. The summed E-state index contributed by atoms with van der Waals surface area (Å²) in [7, 11) is 0. The van der Waals surface area contributed by atoms with Crippen LogP contribution in [0.2, 0.25) is 0 Å². The molecule has 57 heavy (non-hydrogen) atoms. The van der Waals surface area contributed by atoms with E-state index in [4.69, 9.17) is 4.42 Å². The van der Waals surface area contributed by atoms with E-state index in [0.29, 0.717) is 0 Å². The summed E-state index contributed by atoms with van der Waals surface area (Å²) >= 11 is 0. The summed E-state index contributed by atoms with van der Waals surface area (Å²) in [4.78, 5) is 0. The van der Waals surface area contributed by atoms with Crippen LogP contribution in [0.1, 0.15) is 76.6 Å². The molecular formula is C56H56O. The van der Waals surface area contributed by atoms with Crippen molar-refractivity contribution in [3.05, 3.63) is 215 Å². The zero-order valence-electron chi connectivity index (χ0n) is 35.0. The average Bonchev–Trinajstić information content (AvgIpc) is 3.69. The lowest BCUT2D eigenvalue weighted by atomic mass is 9.81. The lowest BCUT2D eigenvalue weighted by molar-refractivity contribution is 0.603. The van der Waals surface area contributed by atoms with Gasteiger partial charge in [0.2, 0.25) is 0 Å². The quantitative estimate of drug-likeness (QED) is 0.175. The zero-order valence-corrected chi connectivity index (χ0v) is 35.0. The summed E-state index contributed by atoms with van der Waals surface area (Å²) < 4.78 is 5.60. The Morgan fingerprint density at radius 2 is 1.12 bits per heavy atom. The second-order valence-corrected chi connectivity index (χ2v) is 15.6. The first kappa shape index (κ1) is 40.5. The van der Waals surface area contributed by atoms with Crippen LogP contribution in [0.15, 0.2) is 163 Å². The minimum atomic E-state index is 0.0888. The van der Waals surface area contributed by atoms with Gasteiger partial charge in [-0.2, -0.15) is 0 Å². The number of aryl methyl sites for hydroxylation is 6. The Bertz CT molecular complexity index is 2670. The van der Waals surface area contributed by atoms with Crippen LogP contribution in [0, 0.1) is 34.6 Å². The standard InChI is InChI=1S/C21H20.C15H16.C13H12O.C7H8/c1-13-9-10-17-18(11-13)21(3,4)19-12-14(2)15-7-5-6-8-16(15)20(17)19;1-3-13-9-5-7-11-15(13)14-10-6-4-8-12(14)2;1-4-10-11-8-9(3)6-7-13(11)14-12(10)5-2;1-7-5-3-2-4-6-7/h5-12H,1-4H3;4-11H,3H2,1-2H3;4-8H,1-2H2,3H3;2-6H,1H3. The van der Waals surface area contributed by atoms with Gasteiger partial charge in [0, 0.05) is 16.4 Å². The molecule has 8 aromatic rings. The molecule has 0 saturated carbocycles. The van der Waals surface area contributed by atoms with Crippen molar-refractivity contribution >= 4 is 33.9 Å². The van der Waals surface area contributed by atoms with Crippen molar-refractivity contribution < 1.29 is 4.42 Å². The van der Waals surface area contributed by atoms with E-state index in [9.17, 15) is 0 Å². The van der Waals surface area contributed by atoms with Gasteiger partial charge in [0.1, 0.15) is 11.3 Å². The number of fused-ring (bicyclic) bond motifs is 6. The van der Waals surface area contributed by atoms with Crippen molar-refractivity contribution in [2.45, 2.75) is 67.2 Å². The van der Waals surface area contributed by atoms with Gasteiger partial charge in [0.05, 0.1) is 0 Å². The van der Waals surface area contributed by atoms with Crippen LogP contribution >= 0.6 is 0 Å². The molecule has 1 nitrogen and oxygen atoms in total. The maximum Gasteiger partial charge on any atom is 0.135 e. The molecule has 1 aliphatic carbocycles. The van der Waals surface area contributed by atoms with Crippen molar-refractivity contribution in [2.24, 2.45) is 0 Å². The maximum atomic E-state index is 5.60. The van der Waals surface area contributed by atoms with Crippen LogP contribution in [0.25, 0.3) is 56.1 Å². The Morgan fingerprint density at radius 3 is 1.77 bits per heavy atom. The van der Waals surface area contributed by atoms with E-state index in [-0.39, 0.29) is 5.41 Å². The van der Waals surface area contributed by atoms with E-state index in [1.165, 1.54) is 77.5 Å². The van der Waals surface area contributed by atoms with Gasteiger partial charge in [-0.1, -0.05) is 190 Å². The van der Waals surface area contributed by atoms with Gasteiger partial charge >= 0.3 is 0 Å². The maximum absolute atomic E-state index is 5.60. The first-order valence-electron chi connectivity index (χ1n) is 20.1. The molecule has 286 valence electrons.